The van der Waals surface area contributed by atoms with Crippen LogP contribution in [0.1, 0.15) is 20.8 Å². The molecule has 1 aliphatic rings. The Hall–Kier alpha value is -1.43. The molecule has 1 saturated heterocycles. The van der Waals surface area contributed by atoms with Gasteiger partial charge in [-0.25, -0.2) is 5.10 Å². The largest absolute Gasteiger partial charge is 0.374 e. The molecule has 1 aromatic heterocycles. The Balaban J connectivity index is 2.04. The van der Waals surface area contributed by atoms with Crippen LogP contribution >= 0.6 is 0 Å². The van der Waals surface area contributed by atoms with Gasteiger partial charge in [0.05, 0.1) is 18.1 Å². The number of nitrogens with one attached hydrogen (secondary N) is 2. The molecule has 6 heteroatoms. The minimum atomic E-state index is -0.139. The highest BCUT2D eigenvalue weighted by atomic mass is 16.5. The molecule has 1 aliphatic heterocycles. The average Bonchev–Trinajstić information content (AvgIpc) is 2.77. The van der Waals surface area contributed by atoms with Crippen LogP contribution in [0.25, 0.3) is 0 Å². The number of aromatic nitrogens is 3. The molecule has 6 nitrogen and oxygen atoms in total. The number of carbonyl (C=O) groups is 1. The fraction of sp³-hybridized carbons (Fsp3) is 0.700. The molecule has 16 heavy (non-hydrogen) atoms. The molecule has 0 spiro atoms. The van der Waals surface area contributed by atoms with Gasteiger partial charge < -0.3 is 4.74 Å². The van der Waals surface area contributed by atoms with Gasteiger partial charge in [-0.3, -0.25) is 10.1 Å². The van der Waals surface area contributed by atoms with E-state index in [-0.39, 0.29) is 30.0 Å². The summed E-state index contributed by atoms with van der Waals surface area (Å²) in [5, 5.41) is 8.97. The number of hydrogen-bond donors (Lipinski definition) is 2. The lowest BCUT2D eigenvalue weighted by atomic mass is 9.89. The van der Waals surface area contributed by atoms with Crippen LogP contribution in [0.5, 0.6) is 0 Å². The first-order valence-electron chi connectivity index (χ1n) is 5.41. The molecule has 0 aliphatic carbocycles. The van der Waals surface area contributed by atoms with Crippen molar-refractivity contribution >= 4 is 11.9 Å². The second-order valence-corrected chi connectivity index (χ2v) is 4.25. The van der Waals surface area contributed by atoms with Crippen LogP contribution in [0.3, 0.4) is 0 Å². The molecule has 2 heterocycles. The summed E-state index contributed by atoms with van der Waals surface area (Å²) in [4.78, 5) is 15.9. The van der Waals surface area contributed by atoms with Crippen molar-refractivity contribution in [3.05, 3.63) is 6.33 Å². The summed E-state index contributed by atoms with van der Waals surface area (Å²) in [6.45, 7) is 5.94. The summed E-state index contributed by atoms with van der Waals surface area (Å²) in [6.07, 6.45) is 1.41. The smallest absolute Gasteiger partial charge is 0.232 e. The van der Waals surface area contributed by atoms with Crippen LogP contribution in [-0.4, -0.2) is 33.3 Å². The van der Waals surface area contributed by atoms with E-state index >= 15 is 0 Å². The zero-order chi connectivity index (χ0) is 11.7. The molecule has 88 valence electrons. The number of anilines is 1. The lowest BCUT2D eigenvalue weighted by molar-refractivity contribution is -0.122. The van der Waals surface area contributed by atoms with E-state index in [0.717, 1.165) is 0 Å². The van der Waals surface area contributed by atoms with Gasteiger partial charge in [0.1, 0.15) is 6.33 Å². The van der Waals surface area contributed by atoms with Gasteiger partial charge in [0, 0.05) is 0 Å². The van der Waals surface area contributed by atoms with Crippen molar-refractivity contribution < 1.29 is 9.53 Å². The Morgan fingerprint density at radius 1 is 1.44 bits per heavy atom. The number of carbonyl (C=O) groups excluding carboxylic acids is 1. The van der Waals surface area contributed by atoms with Gasteiger partial charge >= 0.3 is 0 Å². The third-order valence-electron chi connectivity index (χ3n) is 3.20. The van der Waals surface area contributed by atoms with Crippen molar-refractivity contribution in [2.45, 2.75) is 33.0 Å². The van der Waals surface area contributed by atoms with Gasteiger partial charge in [-0.1, -0.05) is 6.92 Å². The Labute approximate surface area is 93.8 Å². The minimum absolute atomic E-state index is 0.0621. The van der Waals surface area contributed by atoms with E-state index in [9.17, 15) is 4.79 Å². The van der Waals surface area contributed by atoms with Crippen LogP contribution < -0.4 is 5.32 Å². The number of hydrogen-bond acceptors (Lipinski definition) is 4. The Bertz CT molecular complexity index is 365. The zero-order valence-electron chi connectivity index (χ0n) is 9.60. The minimum Gasteiger partial charge on any atom is -0.374 e. The lowest BCUT2D eigenvalue weighted by Gasteiger charge is -2.16. The Morgan fingerprint density at radius 3 is 2.69 bits per heavy atom. The Kier molecular flexibility index (Phi) is 2.91. The Morgan fingerprint density at radius 2 is 2.19 bits per heavy atom. The van der Waals surface area contributed by atoms with Crippen LogP contribution in [0, 0.1) is 11.8 Å². The van der Waals surface area contributed by atoms with Crippen molar-refractivity contribution in [3.63, 3.8) is 0 Å². The SMILES string of the molecule is CC1OC(C)C(C(=O)Nc2ncn[nH]2)C1C. The summed E-state index contributed by atoms with van der Waals surface area (Å²) in [7, 11) is 0. The van der Waals surface area contributed by atoms with E-state index in [0.29, 0.717) is 5.95 Å². The van der Waals surface area contributed by atoms with E-state index in [1.807, 2.05) is 20.8 Å². The summed E-state index contributed by atoms with van der Waals surface area (Å²) in [5.41, 5.74) is 0. The number of ether oxygens (including phenoxy) is 1. The van der Waals surface area contributed by atoms with E-state index in [2.05, 4.69) is 20.5 Å². The van der Waals surface area contributed by atoms with Gasteiger partial charge in [-0.05, 0) is 19.8 Å². The van der Waals surface area contributed by atoms with E-state index < -0.39 is 0 Å². The third-order valence-corrected chi connectivity index (χ3v) is 3.20. The summed E-state index contributed by atoms with van der Waals surface area (Å²) >= 11 is 0. The first kappa shape index (κ1) is 11.1. The van der Waals surface area contributed by atoms with Gasteiger partial charge in [0.2, 0.25) is 11.9 Å². The third kappa shape index (κ3) is 1.92. The predicted octanol–water partition coefficient (Wildman–Crippen LogP) is 0.803. The number of aromatic amines is 1. The second kappa shape index (κ2) is 4.21. The molecule has 1 amide bonds. The molecule has 1 aromatic rings. The molecule has 4 atom stereocenters. The first-order valence-corrected chi connectivity index (χ1v) is 5.41. The fourth-order valence-corrected chi connectivity index (χ4v) is 2.18. The predicted molar refractivity (Wildman–Crippen MR) is 57.7 cm³/mol. The van der Waals surface area contributed by atoms with Gasteiger partial charge in [-0.15, -0.1) is 0 Å². The van der Waals surface area contributed by atoms with Crippen LogP contribution in [0.2, 0.25) is 0 Å². The zero-order valence-corrected chi connectivity index (χ0v) is 9.60. The highest BCUT2D eigenvalue weighted by Crippen LogP contribution is 2.32. The topological polar surface area (TPSA) is 79.9 Å². The highest BCUT2D eigenvalue weighted by molar-refractivity contribution is 5.91. The summed E-state index contributed by atoms with van der Waals surface area (Å²) in [5.74, 6) is 0.378. The molecule has 0 radical (unpaired) electrons. The van der Waals surface area contributed by atoms with Crippen LogP contribution in [-0.2, 0) is 9.53 Å². The van der Waals surface area contributed by atoms with Crippen molar-refractivity contribution in [3.8, 4) is 0 Å². The van der Waals surface area contributed by atoms with Crippen LogP contribution in [0.4, 0.5) is 5.95 Å². The molecule has 1 fully saturated rings. The molecular weight excluding hydrogens is 208 g/mol. The van der Waals surface area contributed by atoms with Gasteiger partial charge in [-0.2, -0.15) is 10.1 Å². The number of rotatable bonds is 2. The molecule has 2 rings (SSSR count). The highest BCUT2D eigenvalue weighted by Gasteiger charge is 2.41. The number of nitrogens with zero attached hydrogens (tertiary/aromatic N) is 2. The quantitative estimate of drug-likeness (QED) is 0.778. The molecule has 0 aromatic carbocycles. The molecule has 0 bridgehead atoms. The molecule has 2 N–H and O–H groups in total. The van der Waals surface area contributed by atoms with Gasteiger partial charge in [0.15, 0.2) is 0 Å². The average molecular weight is 224 g/mol. The maximum absolute atomic E-state index is 12.0. The summed E-state index contributed by atoms with van der Waals surface area (Å²) < 4.78 is 5.62. The monoisotopic (exact) mass is 224 g/mol. The molecule has 0 saturated carbocycles. The molecular formula is C10H16N4O2. The number of H-pyrrole nitrogens is 1. The van der Waals surface area contributed by atoms with Gasteiger partial charge in [0.25, 0.3) is 0 Å². The second-order valence-electron chi connectivity index (χ2n) is 4.25. The number of amides is 1. The normalized spacial score (nSPS) is 33.9. The van der Waals surface area contributed by atoms with Crippen molar-refractivity contribution in [1.82, 2.24) is 15.2 Å². The van der Waals surface area contributed by atoms with Crippen molar-refractivity contribution in [2.75, 3.05) is 5.32 Å². The van der Waals surface area contributed by atoms with E-state index in [1.165, 1.54) is 6.33 Å². The maximum atomic E-state index is 12.0. The maximum Gasteiger partial charge on any atom is 0.232 e. The first-order chi connectivity index (χ1) is 7.59. The fourth-order valence-electron chi connectivity index (χ4n) is 2.18. The van der Waals surface area contributed by atoms with Crippen molar-refractivity contribution in [2.24, 2.45) is 11.8 Å². The lowest BCUT2D eigenvalue weighted by Crippen LogP contribution is -2.32. The molecule has 4 unspecified atom stereocenters. The van der Waals surface area contributed by atoms with E-state index in [4.69, 9.17) is 4.74 Å². The van der Waals surface area contributed by atoms with Crippen molar-refractivity contribution in [1.29, 1.82) is 0 Å². The standard InChI is InChI=1S/C10H16N4O2/c1-5-6(2)16-7(3)8(5)9(15)13-10-11-4-12-14-10/h4-8H,1-3H3,(H2,11,12,13,14,15). The van der Waals surface area contributed by atoms with E-state index in [1.54, 1.807) is 0 Å². The summed E-state index contributed by atoms with van der Waals surface area (Å²) in [6, 6.07) is 0. The van der Waals surface area contributed by atoms with Crippen LogP contribution in [0.15, 0.2) is 6.33 Å².